The Morgan fingerprint density at radius 3 is 2.45 bits per heavy atom. The number of alkyl halides is 3. The standard InChI is InChI=1S/C25H22F3N5/c26-25(27,28)18-9-7-17(8-10-18)19-15-23(30-11-14-32-12-3-4-13-32)33-22-6-2-1-5-21(22)31-24(33)20(19)16-29/h1-2,5-10,15,30H,3-4,11-14H2. The smallest absolute Gasteiger partial charge is 0.370 e. The number of fused-ring (bicyclic) bond motifs is 3. The molecule has 0 atom stereocenters. The van der Waals surface area contributed by atoms with Crippen molar-refractivity contribution >= 4 is 22.5 Å². The number of nitriles is 1. The van der Waals surface area contributed by atoms with Gasteiger partial charge in [-0.3, -0.25) is 4.40 Å². The summed E-state index contributed by atoms with van der Waals surface area (Å²) in [7, 11) is 0. The van der Waals surface area contributed by atoms with E-state index in [0.717, 1.165) is 48.6 Å². The van der Waals surface area contributed by atoms with Crippen molar-refractivity contribution in [2.24, 2.45) is 0 Å². The average molecular weight is 449 g/mol. The summed E-state index contributed by atoms with van der Waals surface area (Å²) in [5, 5.41) is 13.5. The Bertz CT molecular complexity index is 1340. The minimum atomic E-state index is -4.41. The molecule has 0 radical (unpaired) electrons. The molecule has 1 N–H and O–H groups in total. The first-order valence-electron chi connectivity index (χ1n) is 10.9. The number of pyridine rings is 1. The van der Waals surface area contributed by atoms with Gasteiger partial charge in [-0.2, -0.15) is 18.4 Å². The van der Waals surface area contributed by atoms with E-state index in [1.165, 1.54) is 25.0 Å². The lowest BCUT2D eigenvalue weighted by molar-refractivity contribution is -0.137. The molecule has 0 spiro atoms. The van der Waals surface area contributed by atoms with Crippen LogP contribution in [0.25, 0.3) is 27.8 Å². The van der Waals surface area contributed by atoms with Crippen LogP contribution >= 0.6 is 0 Å². The second-order valence-electron chi connectivity index (χ2n) is 8.24. The van der Waals surface area contributed by atoms with Gasteiger partial charge in [-0.15, -0.1) is 0 Å². The van der Waals surface area contributed by atoms with Crippen LogP contribution in [0.3, 0.4) is 0 Å². The lowest BCUT2D eigenvalue weighted by atomic mass is 10.00. The van der Waals surface area contributed by atoms with Gasteiger partial charge in [-0.1, -0.05) is 24.3 Å². The maximum Gasteiger partial charge on any atom is 0.416 e. The molecule has 2 aromatic carbocycles. The SMILES string of the molecule is N#Cc1c(-c2ccc(C(F)(F)F)cc2)cc(NCCN2CCCC2)n2c1nc1ccccc12. The normalized spacial score (nSPS) is 14.7. The van der Waals surface area contributed by atoms with Gasteiger partial charge in [0.1, 0.15) is 17.5 Å². The van der Waals surface area contributed by atoms with Crippen molar-refractivity contribution in [1.29, 1.82) is 5.26 Å². The van der Waals surface area contributed by atoms with E-state index in [1.807, 2.05) is 34.7 Å². The van der Waals surface area contributed by atoms with E-state index < -0.39 is 11.7 Å². The second kappa shape index (κ2) is 8.41. The van der Waals surface area contributed by atoms with E-state index >= 15 is 0 Å². The summed E-state index contributed by atoms with van der Waals surface area (Å²) < 4.78 is 41.1. The largest absolute Gasteiger partial charge is 0.416 e. The molecule has 4 aromatic rings. The number of rotatable bonds is 5. The number of nitrogens with one attached hydrogen (secondary N) is 1. The summed E-state index contributed by atoms with van der Waals surface area (Å²) in [6.07, 6.45) is -1.99. The summed E-state index contributed by atoms with van der Waals surface area (Å²) in [5.41, 5.74) is 2.80. The topological polar surface area (TPSA) is 56.4 Å². The zero-order valence-electron chi connectivity index (χ0n) is 17.9. The number of likely N-dealkylation sites (tertiary alicyclic amines) is 1. The van der Waals surface area contributed by atoms with E-state index in [2.05, 4.69) is 21.3 Å². The van der Waals surface area contributed by atoms with Crippen LogP contribution in [0, 0.1) is 11.3 Å². The summed E-state index contributed by atoms with van der Waals surface area (Å²) in [4.78, 5) is 7.08. The Hall–Kier alpha value is -3.57. The molecule has 5 nitrogen and oxygen atoms in total. The third-order valence-corrected chi connectivity index (χ3v) is 6.14. The van der Waals surface area contributed by atoms with Gasteiger partial charge in [0.05, 0.1) is 16.6 Å². The van der Waals surface area contributed by atoms with Crippen molar-refractivity contribution < 1.29 is 13.2 Å². The predicted octanol–water partition coefficient (Wildman–Crippen LogP) is 5.55. The molecule has 0 aliphatic carbocycles. The Morgan fingerprint density at radius 1 is 1.03 bits per heavy atom. The number of hydrogen-bond donors (Lipinski definition) is 1. The van der Waals surface area contributed by atoms with E-state index in [4.69, 9.17) is 0 Å². The lowest BCUT2D eigenvalue weighted by Gasteiger charge is -2.18. The van der Waals surface area contributed by atoms with Crippen molar-refractivity contribution in [1.82, 2.24) is 14.3 Å². The van der Waals surface area contributed by atoms with Gasteiger partial charge in [-0.25, -0.2) is 4.98 Å². The first-order valence-corrected chi connectivity index (χ1v) is 10.9. The highest BCUT2D eigenvalue weighted by atomic mass is 19.4. The molecular weight excluding hydrogens is 427 g/mol. The number of hydrogen-bond acceptors (Lipinski definition) is 4. The first-order chi connectivity index (χ1) is 16.0. The molecule has 1 aliphatic rings. The highest BCUT2D eigenvalue weighted by Gasteiger charge is 2.30. The van der Waals surface area contributed by atoms with Crippen LogP contribution in [0.1, 0.15) is 24.0 Å². The number of anilines is 1. The molecule has 1 fully saturated rings. The number of halogens is 3. The molecule has 0 amide bonds. The number of aromatic nitrogens is 2. The maximum absolute atomic E-state index is 13.0. The minimum absolute atomic E-state index is 0.330. The first kappa shape index (κ1) is 21.3. The maximum atomic E-state index is 13.0. The average Bonchev–Trinajstić information content (AvgIpc) is 3.46. The van der Waals surface area contributed by atoms with Crippen LogP contribution in [0.4, 0.5) is 19.0 Å². The fraction of sp³-hybridized carbons (Fsp3) is 0.280. The van der Waals surface area contributed by atoms with E-state index in [1.54, 1.807) is 0 Å². The van der Waals surface area contributed by atoms with Gasteiger partial charge in [0.2, 0.25) is 0 Å². The third-order valence-electron chi connectivity index (χ3n) is 6.14. The molecule has 8 heteroatoms. The fourth-order valence-corrected chi connectivity index (χ4v) is 4.49. The fourth-order valence-electron chi connectivity index (χ4n) is 4.49. The van der Waals surface area contributed by atoms with Crippen LogP contribution in [0.5, 0.6) is 0 Å². The Kier molecular flexibility index (Phi) is 5.43. The van der Waals surface area contributed by atoms with E-state index in [9.17, 15) is 18.4 Å². The zero-order chi connectivity index (χ0) is 23.0. The van der Waals surface area contributed by atoms with Gasteiger partial charge in [-0.05, 0) is 61.8 Å². The molecule has 2 aromatic heterocycles. The van der Waals surface area contributed by atoms with Crippen molar-refractivity contribution in [3.63, 3.8) is 0 Å². The van der Waals surface area contributed by atoms with Crippen molar-refractivity contribution in [3.8, 4) is 17.2 Å². The molecule has 168 valence electrons. The number of para-hydroxylation sites is 2. The van der Waals surface area contributed by atoms with Gasteiger partial charge >= 0.3 is 6.18 Å². The highest BCUT2D eigenvalue weighted by Crippen LogP contribution is 2.35. The Balaban J connectivity index is 1.62. The summed E-state index contributed by atoms with van der Waals surface area (Å²) in [5.74, 6) is 0.756. The number of imidazole rings is 1. The monoisotopic (exact) mass is 449 g/mol. The molecule has 33 heavy (non-hydrogen) atoms. The third kappa shape index (κ3) is 4.00. The number of nitrogens with zero attached hydrogens (tertiary/aromatic N) is 4. The predicted molar refractivity (Wildman–Crippen MR) is 122 cm³/mol. The van der Waals surface area contributed by atoms with Crippen molar-refractivity contribution in [2.75, 3.05) is 31.5 Å². The number of benzene rings is 2. The van der Waals surface area contributed by atoms with Crippen LogP contribution in [0.15, 0.2) is 54.6 Å². The summed E-state index contributed by atoms with van der Waals surface area (Å²) in [6, 6.07) is 16.6. The van der Waals surface area contributed by atoms with E-state index in [-0.39, 0.29) is 0 Å². The molecule has 0 bridgehead atoms. The van der Waals surface area contributed by atoms with Gasteiger partial charge < -0.3 is 10.2 Å². The molecule has 1 saturated heterocycles. The molecule has 0 saturated carbocycles. The minimum Gasteiger partial charge on any atom is -0.370 e. The lowest BCUT2D eigenvalue weighted by Crippen LogP contribution is -2.26. The quantitative estimate of drug-likeness (QED) is 0.434. The van der Waals surface area contributed by atoms with Crippen LogP contribution in [-0.4, -0.2) is 40.5 Å². The van der Waals surface area contributed by atoms with Crippen molar-refractivity contribution in [2.45, 2.75) is 19.0 Å². The van der Waals surface area contributed by atoms with Gasteiger partial charge in [0, 0.05) is 18.7 Å². The highest BCUT2D eigenvalue weighted by molar-refractivity contribution is 5.89. The van der Waals surface area contributed by atoms with Crippen LogP contribution in [0.2, 0.25) is 0 Å². The van der Waals surface area contributed by atoms with Gasteiger partial charge in [0.25, 0.3) is 0 Å². The molecule has 3 heterocycles. The second-order valence-corrected chi connectivity index (χ2v) is 8.24. The Morgan fingerprint density at radius 2 is 1.76 bits per heavy atom. The molecule has 0 unspecified atom stereocenters. The van der Waals surface area contributed by atoms with E-state index in [0.29, 0.717) is 28.9 Å². The van der Waals surface area contributed by atoms with Gasteiger partial charge in [0.15, 0.2) is 5.65 Å². The molecule has 1 aliphatic heterocycles. The summed E-state index contributed by atoms with van der Waals surface area (Å²) in [6.45, 7) is 3.79. The van der Waals surface area contributed by atoms with Crippen LogP contribution in [-0.2, 0) is 6.18 Å². The summed E-state index contributed by atoms with van der Waals surface area (Å²) >= 11 is 0. The zero-order valence-corrected chi connectivity index (χ0v) is 17.9. The van der Waals surface area contributed by atoms with Crippen LogP contribution < -0.4 is 5.32 Å². The molecule has 5 rings (SSSR count). The Labute approximate surface area is 189 Å². The molecular formula is C25H22F3N5. The van der Waals surface area contributed by atoms with Crippen molar-refractivity contribution in [3.05, 3.63) is 65.7 Å².